The van der Waals surface area contributed by atoms with Gasteiger partial charge in [0, 0.05) is 29.7 Å². The standard InChI is InChI=1S/C20H23BrN2O4S/c1-15-14-17(21)5-8-19(15)22-20(24)9-4-16-2-6-18(7-3-16)28(25,26)23-10-12-27-13-11-23/h2-3,5-8,14H,4,9-13H2,1H3,(H,22,24). The Hall–Kier alpha value is -1.74. The van der Waals surface area contributed by atoms with E-state index in [1.807, 2.05) is 25.1 Å². The Balaban J connectivity index is 1.57. The summed E-state index contributed by atoms with van der Waals surface area (Å²) in [7, 11) is -3.49. The smallest absolute Gasteiger partial charge is 0.243 e. The van der Waals surface area contributed by atoms with Crippen LogP contribution in [0, 0.1) is 6.92 Å². The van der Waals surface area contributed by atoms with Gasteiger partial charge in [0.05, 0.1) is 18.1 Å². The molecule has 1 saturated heterocycles. The number of benzene rings is 2. The van der Waals surface area contributed by atoms with Crippen molar-refractivity contribution >= 4 is 37.5 Å². The highest BCUT2D eigenvalue weighted by Crippen LogP contribution is 2.21. The van der Waals surface area contributed by atoms with Gasteiger partial charge in [-0.3, -0.25) is 4.79 Å². The van der Waals surface area contributed by atoms with Crippen molar-refractivity contribution in [2.75, 3.05) is 31.6 Å². The molecule has 1 heterocycles. The molecule has 1 aliphatic heterocycles. The fraction of sp³-hybridized carbons (Fsp3) is 0.350. The number of sulfonamides is 1. The number of morpholine rings is 1. The minimum atomic E-state index is -3.49. The maximum Gasteiger partial charge on any atom is 0.243 e. The number of rotatable bonds is 6. The zero-order valence-electron chi connectivity index (χ0n) is 15.7. The van der Waals surface area contributed by atoms with Crippen LogP contribution in [0.3, 0.4) is 0 Å². The van der Waals surface area contributed by atoms with Crippen molar-refractivity contribution in [1.82, 2.24) is 4.31 Å². The zero-order chi connectivity index (χ0) is 20.1. The van der Waals surface area contributed by atoms with Gasteiger partial charge >= 0.3 is 0 Å². The van der Waals surface area contributed by atoms with E-state index in [0.717, 1.165) is 21.3 Å². The Bertz CT molecular complexity index is 939. The summed E-state index contributed by atoms with van der Waals surface area (Å²) in [6, 6.07) is 12.5. The van der Waals surface area contributed by atoms with Crippen molar-refractivity contribution in [2.24, 2.45) is 0 Å². The van der Waals surface area contributed by atoms with E-state index >= 15 is 0 Å². The Morgan fingerprint density at radius 3 is 2.46 bits per heavy atom. The molecule has 3 rings (SSSR count). The van der Waals surface area contributed by atoms with Crippen LogP contribution in [-0.4, -0.2) is 44.9 Å². The SMILES string of the molecule is Cc1cc(Br)ccc1NC(=O)CCc1ccc(S(=O)(=O)N2CCOCC2)cc1. The molecule has 0 aliphatic carbocycles. The fourth-order valence-corrected chi connectivity index (χ4v) is 4.89. The van der Waals surface area contributed by atoms with Crippen LogP contribution in [0.25, 0.3) is 0 Å². The topological polar surface area (TPSA) is 75.7 Å². The summed E-state index contributed by atoms with van der Waals surface area (Å²) < 4.78 is 32.9. The molecule has 1 aliphatic rings. The molecule has 0 aromatic heterocycles. The fourth-order valence-electron chi connectivity index (χ4n) is 3.00. The first-order valence-corrected chi connectivity index (χ1v) is 11.3. The predicted octanol–water partition coefficient (Wildman–Crippen LogP) is 3.35. The number of amides is 1. The van der Waals surface area contributed by atoms with Crippen LogP contribution in [0.5, 0.6) is 0 Å². The second kappa shape index (κ2) is 9.17. The van der Waals surface area contributed by atoms with Crippen molar-refractivity contribution in [1.29, 1.82) is 0 Å². The van der Waals surface area contributed by atoms with Gasteiger partial charge in [0.2, 0.25) is 15.9 Å². The molecule has 28 heavy (non-hydrogen) atoms. The van der Waals surface area contributed by atoms with Gasteiger partial charge in [-0.25, -0.2) is 8.42 Å². The highest BCUT2D eigenvalue weighted by Gasteiger charge is 2.26. The van der Waals surface area contributed by atoms with Gasteiger partial charge in [0.15, 0.2) is 0 Å². The molecule has 0 bridgehead atoms. The number of carbonyl (C=O) groups excluding carboxylic acids is 1. The van der Waals surface area contributed by atoms with Crippen molar-refractivity contribution < 1.29 is 17.9 Å². The molecule has 0 radical (unpaired) electrons. The first kappa shape index (κ1) is 21.0. The van der Waals surface area contributed by atoms with E-state index in [9.17, 15) is 13.2 Å². The van der Waals surface area contributed by atoms with E-state index in [0.29, 0.717) is 39.1 Å². The van der Waals surface area contributed by atoms with Gasteiger partial charge in [-0.2, -0.15) is 4.31 Å². The van der Waals surface area contributed by atoms with Crippen LogP contribution in [0.15, 0.2) is 51.8 Å². The summed E-state index contributed by atoms with van der Waals surface area (Å²) >= 11 is 3.40. The van der Waals surface area contributed by atoms with Crippen molar-refractivity contribution in [3.63, 3.8) is 0 Å². The molecule has 0 spiro atoms. The van der Waals surface area contributed by atoms with Crippen LogP contribution < -0.4 is 5.32 Å². The Kier molecular flexibility index (Phi) is 6.87. The van der Waals surface area contributed by atoms with Crippen LogP contribution in [-0.2, 0) is 26.0 Å². The van der Waals surface area contributed by atoms with Gasteiger partial charge in [0.1, 0.15) is 0 Å². The third-order valence-electron chi connectivity index (χ3n) is 4.63. The molecule has 0 saturated carbocycles. The lowest BCUT2D eigenvalue weighted by molar-refractivity contribution is -0.116. The average molecular weight is 467 g/mol. The zero-order valence-corrected chi connectivity index (χ0v) is 18.1. The third-order valence-corrected chi connectivity index (χ3v) is 7.04. The predicted molar refractivity (Wildman–Crippen MR) is 112 cm³/mol. The lowest BCUT2D eigenvalue weighted by atomic mass is 10.1. The van der Waals surface area contributed by atoms with Crippen molar-refractivity contribution in [3.05, 3.63) is 58.1 Å². The largest absolute Gasteiger partial charge is 0.379 e. The summed E-state index contributed by atoms with van der Waals surface area (Å²) in [5.41, 5.74) is 2.70. The Morgan fingerprint density at radius 2 is 1.82 bits per heavy atom. The van der Waals surface area contributed by atoms with Gasteiger partial charge < -0.3 is 10.1 Å². The molecule has 1 N–H and O–H groups in total. The maximum absolute atomic E-state index is 12.6. The number of halogens is 1. The minimum Gasteiger partial charge on any atom is -0.379 e. The number of hydrogen-bond donors (Lipinski definition) is 1. The summed E-state index contributed by atoms with van der Waals surface area (Å²) in [5.74, 6) is -0.0737. The van der Waals surface area contributed by atoms with Crippen LogP contribution >= 0.6 is 15.9 Å². The second-order valence-corrected chi connectivity index (χ2v) is 9.52. The van der Waals surface area contributed by atoms with Crippen LogP contribution in [0.2, 0.25) is 0 Å². The summed E-state index contributed by atoms with van der Waals surface area (Å²) in [6.07, 6.45) is 0.865. The van der Waals surface area contributed by atoms with E-state index in [2.05, 4.69) is 21.2 Å². The van der Waals surface area contributed by atoms with E-state index in [4.69, 9.17) is 4.74 Å². The third kappa shape index (κ3) is 5.20. The van der Waals surface area contributed by atoms with Crippen LogP contribution in [0.1, 0.15) is 17.5 Å². The average Bonchev–Trinajstić information content (AvgIpc) is 2.69. The van der Waals surface area contributed by atoms with Gasteiger partial charge in [-0.1, -0.05) is 28.1 Å². The van der Waals surface area contributed by atoms with E-state index in [1.165, 1.54) is 4.31 Å². The first-order chi connectivity index (χ1) is 13.4. The molecule has 2 aromatic carbocycles. The molecular weight excluding hydrogens is 444 g/mol. The number of carbonyl (C=O) groups is 1. The van der Waals surface area contributed by atoms with Crippen molar-refractivity contribution in [2.45, 2.75) is 24.7 Å². The first-order valence-electron chi connectivity index (χ1n) is 9.09. The molecule has 2 aromatic rings. The number of ether oxygens (including phenoxy) is 1. The minimum absolute atomic E-state index is 0.0737. The van der Waals surface area contributed by atoms with Crippen molar-refractivity contribution in [3.8, 4) is 0 Å². The highest BCUT2D eigenvalue weighted by molar-refractivity contribution is 9.10. The number of nitrogens with one attached hydrogen (secondary N) is 1. The number of aryl methyl sites for hydroxylation is 2. The van der Waals surface area contributed by atoms with Gasteiger partial charge in [-0.15, -0.1) is 0 Å². The Morgan fingerprint density at radius 1 is 1.14 bits per heavy atom. The summed E-state index contributed by atoms with van der Waals surface area (Å²) in [5, 5.41) is 2.91. The Labute approximate surface area is 174 Å². The maximum atomic E-state index is 12.6. The molecule has 0 unspecified atom stereocenters. The monoisotopic (exact) mass is 466 g/mol. The molecular formula is C20H23BrN2O4S. The number of hydrogen-bond acceptors (Lipinski definition) is 4. The number of nitrogens with zero attached hydrogens (tertiary/aromatic N) is 1. The lowest BCUT2D eigenvalue weighted by Gasteiger charge is -2.26. The quantitative estimate of drug-likeness (QED) is 0.707. The van der Waals surface area contributed by atoms with E-state index < -0.39 is 10.0 Å². The second-order valence-electron chi connectivity index (χ2n) is 6.67. The molecule has 1 amide bonds. The van der Waals surface area contributed by atoms with Gasteiger partial charge in [-0.05, 0) is 54.8 Å². The molecule has 6 nitrogen and oxygen atoms in total. The van der Waals surface area contributed by atoms with E-state index in [1.54, 1.807) is 24.3 Å². The molecule has 8 heteroatoms. The van der Waals surface area contributed by atoms with Crippen LogP contribution in [0.4, 0.5) is 5.69 Å². The number of anilines is 1. The molecule has 0 atom stereocenters. The summed E-state index contributed by atoms with van der Waals surface area (Å²) in [4.78, 5) is 12.5. The highest BCUT2D eigenvalue weighted by atomic mass is 79.9. The lowest BCUT2D eigenvalue weighted by Crippen LogP contribution is -2.40. The normalized spacial score (nSPS) is 15.4. The van der Waals surface area contributed by atoms with E-state index in [-0.39, 0.29) is 10.8 Å². The summed E-state index contributed by atoms with van der Waals surface area (Å²) in [6.45, 7) is 3.53. The van der Waals surface area contributed by atoms with Gasteiger partial charge in [0.25, 0.3) is 0 Å². The molecule has 150 valence electrons. The molecule has 1 fully saturated rings.